The van der Waals surface area contributed by atoms with E-state index in [1.54, 1.807) is 6.20 Å². The second kappa shape index (κ2) is 6.75. The highest BCUT2D eigenvalue weighted by atomic mass is 16.2. The third-order valence-corrected chi connectivity index (χ3v) is 5.74. The average Bonchev–Trinajstić information content (AvgIpc) is 2.92. The summed E-state index contributed by atoms with van der Waals surface area (Å²) in [5.74, 6) is 1.20. The second-order valence-corrected chi connectivity index (χ2v) is 7.87. The molecule has 3 unspecified atom stereocenters. The van der Waals surface area contributed by atoms with Crippen LogP contribution >= 0.6 is 0 Å². The van der Waals surface area contributed by atoms with Crippen LogP contribution in [0.25, 0.3) is 0 Å². The van der Waals surface area contributed by atoms with E-state index in [0.29, 0.717) is 42.2 Å². The van der Waals surface area contributed by atoms with Gasteiger partial charge in [0, 0.05) is 30.7 Å². The molecule has 2 bridgehead atoms. The topological polar surface area (TPSA) is 83.1 Å². The Labute approximate surface area is 148 Å². The lowest BCUT2D eigenvalue weighted by molar-refractivity contribution is -0.116. The number of aromatic nitrogens is 1. The van der Waals surface area contributed by atoms with Crippen LogP contribution in [0.4, 0.5) is 5.82 Å². The number of piperidine rings is 1. The summed E-state index contributed by atoms with van der Waals surface area (Å²) in [7, 11) is 0. The Morgan fingerprint density at radius 2 is 2.08 bits per heavy atom. The van der Waals surface area contributed by atoms with Crippen LogP contribution in [0.2, 0.25) is 0 Å². The zero-order valence-corrected chi connectivity index (χ0v) is 14.7. The molecule has 3 atom stereocenters. The molecule has 0 saturated carbocycles. The Kier molecular flexibility index (Phi) is 4.46. The highest BCUT2D eigenvalue weighted by Gasteiger charge is 2.34. The first-order valence-electron chi connectivity index (χ1n) is 9.42. The van der Waals surface area contributed by atoms with Crippen molar-refractivity contribution in [2.75, 3.05) is 5.32 Å². The molecule has 2 fully saturated rings. The maximum atomic E-state index is 12.5. The smallest absolute Gasteiger partial charge is 0.253 e. The van der Waals surface area contributed by atoms with Crippen LogP contribution in [-0.2, 0) is 11.2 Å². The molecule has 6 heteroatoms. The van der Waals surface area contributed by atoms with Gasteiger partial charge in [-0.1, -0.05) is 0 Å². The summed E-state index contributed by atoms with van der Waals surface area (Å²) in [4.78, 5) is 28.2. The van der Waals surface area contributed by atoms with Gasteiger partial charge >= 0.3 is 0 Å². The molecule has 25 heavy (non-hydrogen) atoms. The zero-order valence-electron chi connectivity index (χ0n) is 14.7. The van der Waals surface area contributed by atoms with E-state index in [0.717, 1.165) is 12.0 Å². The Bertz CT molecular complexity index is 678. The van der Waals surface area contributed by atoms with Gasteiger partial charge in [0.1, 0.15) is 5.82 Å². The molecule has 2 amide bonds. The first-order valence-corrected chi connectivity index (χ1v) is 9.42. The van der Waals surface area contributed by atoms with E-state index in [-0.39, 0.29) is 17.9 Å². The standard InChI is InChI=1S/C19H26N4O2/c1-11(6-12-7-15-3-4-16(8-12)22-15)21-19(25)14-9-13-2-5-17(24)23-18(13)20-10-14/h9-12,15-16,22H,2-8H2,1H3,(H,21,25)(H,20,23,24). The van der Waals surface area contributed by atoms with Crippen LogP contribution in [0, 0.1) is 5.92 Å². The van der Waals surface area contributed by atoms with E-state index < -0.39 is 0 Å². The fraction of sp³-hybridized carbons (Fsp3) is 0.632. The molecule has 134 valence electrons. The van der Waals surface area contributed by atoms with Gasteiger partial charge in [0.25, 0.3) is 5.91 Å². The Hall–Kier alpha value is -1.95. The second-order valence-electron chi connectivity index (χ2n) is 7.87. The largest absolute Gasteiger partial charge is 0.350 e. The van der Waals surface area contributed by atoms with Gasteiger partial charge in [0.15, 0.2) is 0 Å². The van der Waals surface area contributed by atoms with Crippen molar-refractivity contribution in [2.45, 2.75) is 70.0 Å². The molecule has 0 aromatic carbocycles. The summed E-state index contributed by atoms with van der Waals surface area (Å²) in [6.07, 6.45) is 8.76. The van der Waals surface area contributed by atoms with Crippen LogP contribution in [0.15, 0.2) is 12.3 Å². The summed E-state index contributed by atoms with van der Waals surface area (Å²) in [6, 6.07) is 3.39. The van der Waals surface area contributed by atoms with Gasteiger partial charge in [-0.2, -0.15) is 0 Å². The van der Waals surface area contributed by atoms with Crippen molar-refractivity contribution in [1.29, 1.82) is 0 Å². The molecule has 3 aliphatic rings. The van der Waals surface area contributed by atoms with Crippen molar-refractivity contribution in [3.63, 3.8) is 0 Å². The fourth-order valence-corrected chi connectivity index (χ4v) is 4.61. The monoisotopic (exact) mass is 342 g/mol. The summed E-state index contributed by atoms with van der Waals surface area (Å²) >= 11 is 0. The normalized spacial score (nSPS) is 28.8. The number of amides is 2. The van der Waals surface area contributed by atoms with Crippen LogP contribution in [0.1, 0.15) is 61.4 Å². The van der Waals surface area contributed by atoms with Gasteiger partial charge in [0.2, 0.25) is 5.91 Å². The molecule has 4 rings (SSSR count). The Morgan fingerprint density at radius 1 is 1.32 bits per heavy atom. The minimum absolute atomic E-state index is 0.0123. The number of nitrogens with one attached hydrogen (secondary N) is 3. The molecule has 3 aliphatic heterocycles. The summed E-state index contributed by atoms with van der Waals surface area (Å²) in [5, 5.41) is 9.54. The molecule has 4 heterocycles. The Morgan fingerprint density at radius 3 is 2.84 bits per heavy atom. The number of aryl methyl sites for hydroxylation is 1. The molecule has 0 radical (unpaired) electrons. The third kappa shape index (κ3) is 3.68. The first-order chi connectivity index (χ1) is 12.1. The predicted octanol–water partition coefficient (Wildman–Crippen LogP) is 2.01. The van der Waals surface area contributed by atoms with Crippen molar-refractivity contribution in [3.8, 4) is 0 Å². The molecule has 3 N–H and O–H groups in total. The van der Waals surface area contributed by atoms with Gasteiger partial charge in [-0.3, -0.25) is 9.59 Å². The number of pyridine rings is 1. The maximum Gasteiger partial charge on any atom is 0.253 e. The molecule has 0 aliphatic carbocycles. The average molecular weight is 342 g/mol. The van der Waals surface area contributed by atoms with Gasteiger partial charge in [-0.25, -0.2) is 4.98 Å². The van der Waals surface area contributed by atoms with Crippen molar-refractivity contribution in [2.24, 2.45) is 5.92 Å². The lowest BCUT2D eigenvalue weighted by atomic mass is 9.87. The molecular formula is C19H26N4O2. The lowest BCUT2D eigenvalue weighted by Gasteiger charge is -2.31. The molecule has 6 nitrogen and oxygen atoms in total. The molecular weight excluding hydrogens is 316 g/mol. The quantitative estimate of drug-likeness (QED) is 0.782. The highest BCUT2D eigenvalue weighted by Crippen LogP contribution is 2.33. The van der Waals surface area contributed by atoms with Crippen LogP contribution in [0.3, 0.4) is 0 Å². The van der Waals surface area contributed by atoms with Crippen molar-refractivity contribution < 1.29 is 9.59 Å². The van der Waals surface area contributed by atoms with E-state index in [1.165, 1.54) is 25.7 Å². The first kappa shape index (κ1) is 16.5. The van der Waals surface area contributed by atoms with Crippen LogP contribution in [-0.4, -0.2) is 34.9 Å². The number of rotatable bonds is 4. The van der Waals surface area contributed by atoms with E-state index in [2.05, 4.69) is 27.9 Å². The maximum absolute atomic E-state index is 12.5. The SMILES string of the molecule is CC(CC1CC2CCC(C1)N2)NC(=O)c1cnc2c(c1)CCC(=O)N2. The summed E-state index contributed by atoms with van der Waals surface area (Å²) in [6.45, 7) is 2.09. The molecule has 1 aromatic rings. The number of carbonyl (C=O) groups excluding carboxylic acids is 2. The minimum atomic E-state index is -0.0726. The predicted molar refractivity (Wildman–Crippen MR) is 95.4 cm³/mol. The van der Waals surface area contributed by atoms with Crippen LogP contribution in [0.5, 0.6) is 0 Å². The van der Waals surface area contributed by atoms with Crippen molar-refractivity contribution in [1.82, 2.24) is 15.6 Å². The van der Waals surface area contributed by atoms with Crippen LogP contribution < -0.4 is 16.0 Å². The van der Waals surface area contributed by atoms with Gasteiger partial charge in [-0.05, 0) is 63.0 Å². The molecule has 2 saturated heterocycles. The number of hydrogen-bond acceptors (Lipinski definition) is 4. The van der Waals surface area contributed by atoms with E-state index in [4.69, 9.17) is 0 Å². The van der Waals surface area contributed by atoms with E-state index in [9.17, 15) is 9.59 Å². The zero-order chi connectivity index (χ0) is 17.4. The van der Waals surface area contributed by atoms with Gasteiger partial charge in [0.05, 0.1) is 5.56 Å². The fourth-order valence-electron chi connectivity index (χ4n) is 4.61. The minimum Gasteiger partial charge on any atom is -0.350 e. The highest BCUT2D eigenvalue weighted by molar-refractivity contribution is 5.96. The van der Waals surface area contributed by atoms with Crippen molar-refractivity contribution in [3.05, 3.63) is 23.4 Å². The van der Waals surface area contributed by atoms with E-state index >= 15 is 0 Å². The molecule has 0 spiro atoms. The van der Waals surface area contributed by atoms with Crippen molar-refractivity contribution >= 4 is 17.6 Å². The number of hydrogen-bond donors (Lipinski definition) is 3. The number of anilines is 1. The number of nitrogens with zero attached hydrogens (tertiary/aromatic N) is 1. The summed E-state index contributed by atoms with van der Waals surface area (Å²) in [5.41, 5.74) is 1.52. The lowest BCUT2D eigenvalue weighted by Crippen LogP contribution is -2.41. The van der Waals surface area contributed by atoms with E-state index in [1.807, 2.05) is 6.07 Å². The summed E-state index contributed by atoms with van der Waals surface area (Å²) < 4.78 is 0. The third-order valence-electron chi connectivity index (χ3n) is 5.74. The van der Waals surface area contributed by atoms with Gasteiger partial charge in [-0.15, -0.1) is 0 Å². The number of carbonyl (C=O) groups is 2. The Balaban J connectivity index is 1.34. The van der Waals surface area contributed by atoms with Gasteiger partial charge < -0.3 is 16.0 Å². The molecule has 1 aromatic heterocycles. The number of fused-ring (bicyclic) bond motifs is 3.